The normalized spacial score (nSPS) is 17.5. The Kier molecular flexibility index (Phi) is 19.6. The second-order valence-electron chi connectivity index (χ2n) is 12.6. The van der Waals surface area contributed by atoms with Gasteiger partial charge in [-0.05, 0) is 43.9 Å². The van der Waals surface area contributed by atoms with Crippen LogP contribution in [-0.4, -0.2) is 103 Å². The Balaban J connectivity index is 2.77. The fourth-order valence-electron chi connectivity index (χ4n) is 4.74. The van der Waals surface area contributed by atoms with Crippen LogP contribution in [0, 0.1) is 11.3 Å². The fourth-order valence-corrected chi connectivity index (χ4v) is 4.74. The Morgan fingerprint density at radius 2 is 1.56 bits per heavy atom. The second-order valence-corrected chi connectivity index (χ2v) is 12.6. The van der Waals surface area contributed by atoms with Gasteiger partial charge in [-0.25, -0.2) is 4.79 Å². The van der Waals surface area contributed by atoms with Crippen molar-refractivity contribution >= 4 is 23.9 Å². The van der Waals surface area contributed by atoms with E-state index in [0.29, 0.717) is 26.0 Å². The number of unbranched alkanes of at least 4 members (excludes halogenated alkanes) is 2. The molecule has 0 aromatic heterocycles. The van der Waals surface area contributed by atoms with E-state index in [-0.39, 0.29) is 36.9 Å². The van der Waals surface area contributed by atoms with E-state index >= 15 is 0 Å². The third-order valence-electron chi connectivity index (χ3n) is 7.45. The van der Waals surface area contributed by atoms with Crippen molar-refractivity contribution in [3.63, 3.8) is 0 Å². The van der Waals surface area contributed by atoms with Crippen molar-refractivity contribution in [2.75, 3.05) is 33.4 Å². The number of carbonyl (C=O) groups excluding carboxylic acids is 4. The SMILES string of the molecule is CCCCOC(=O)NCCCC[C@H](NC(=O)[C@H](OC)[C@H](O)[C@@H](O)[C@H](O)/C=C/C(C)(C)C)C(=O)NCCOC(=O)C1CCCCC1. The topological polar surface area (TPSA) is 193 Å². The Bertz CT molecular complexity index is 917. The van der Waals surface area contributed by atoms with E-state index in [1.165, 1.54) is 13.2 Å². The highest BCUT2D eigenvalue weighted by molar-refractivity contribution is 5.89. The average Bonchev–Trinajstić information content (AvgIpc) is 3.01. The molecule has 1 rings (SSSR count). The molecule has 6 N–H and O–H groups in total. The number of hydrogen-bond acceptors (Lipinski definition) is 10. The fraction of sp³-hybridized carbons (Fsp3) is 0.812. The molecule has 0 aliphatic heterocycles. The van der Waals surface area contributed by atoms with Gasteiger partial charge in [0.1, 0.15) is 31.0 Å². The van der Waals surface area contributed by atoms with E-state index in [2.05, 4.69) is 16.0 Å². The van der Waals surface area contributed by atoms with E-state index in [0.717, 1.165) is 44.9 Å². The molecular weight excluding hydrogens is 586 g/mol. The van der Waals surface area contributed by atoms with Gasteiger partial charge in [0.05, 0.1) is 19.1 Å². The van der Waals surface area contributed by atoms with Crippen LogP contribution in [0.1, 0.15) is 91.9 Å². The lowest BCUT2D eigenvalue weighted by Crippen LogP contribution is -2.56. The molecule has 0 unspecified atom stereocenters. The van der Waals surface area contributed by atoms with Crippen LogP contribution in [0.25, 0.3) is 0 Å². The molecule has 260 valence electrons. The molecule has 3 amide bonds. The monoisotopic (exact) mass is 643 g/mol. The summed E-state index contributed by atoms with van der Waals surface area (Å²) in [4.78, 5) is 50.3. The molecule has 13 nitrogen and oxygen atoms in total. The summed E-state index contributed by atoms with van der Waals surface area (Å²) < 4.78 is 15.5. The van der Waals surface area contributed by atoms with Crippen molar-refractivity contribution in [2.24, 2.45) is 11.3 Å². The molecule has 1 aliphatic rings. The number of carbonyl (C=O) groups is 4. The van der Waals surface area contributed by atoms with E-state index in [9.17, 15) is 34.5 Å². The molecule has 0 spiro atoms. The number of rotatable bonds is 20. The van der Waals surface area contributed by atoms with Crippen LogP contribution < -0.4 is 16.0 Å². The predicted molar refractivity (Wildman–Crippen MR) is 168 cm³/mol. The zero-order valence-corrected chi connectivity index (χ0v) is 27.7. The molecule has 45 heavy (non-hydrogen) atoms. The summed E-state index contributed by atoms with van der Waals surface area (Å²) in [5.74, 6) is -1.79. The summed E-state index contributed by atoms with van der Waals surface area (Å²) in [7, 11) is 1.17. The zero-order chi connectivity index (χ0) is 33.8. The minimum atomic E-state index is -1.81. The molecule has 0 bridgehead atoms. The summed E-state index contributed by atoms with van der Waals surface area (Å²) in [6, 6.07) is -1.06. The highest BCUT2D eigenvalue weighted by Gasteiger charge is 2.37. The molecule has 13 heteroatoms. The molecule has 0 aromatic carbocycles. The lowest BCUT2D eigenvalue weighted by molar-refractivity contribution is -0.151. The summed E-state index contributed by atoms with van der Waals surface area (Å²) in [6.07, 6.45) is 3.35. The predicted octanol–water partition coefficient (Wildman–Crippen LogP) is 2.11. The molecule has 5 atom stereocenters. The summed E-state index contributed by atoms with van der Waals surface area (Å²) in [6.45, 7) is 8.33. The smallest absolute Gasteiger partial charge is 0.407 e. The quantitative estimate of drug-likeness (QED) is 0.0650. The number of methoxy groups -OCH3 is 1. The number of nitrogens with one attached hydrogen (secondary N) is 3. The molecule has 1 fully saturated rings. The minimum Gasteiger partial charge on any atom is -0.464 e. The van der Waals surface area contributed by atoms with Gasteiger partial charge >= 0.3 is 12.1 Å². The van der Waals surface area contributed by atoms with Crippen LogP contribution in [-0.2, 0) is 28.6 Å². The molecule has 1 aliphatic carbocycles. The second kappa shape index (κ2) is 21.9. The molecule has 0 aromatic rings. The van der Waals surface area contributed by atoms with Crippen LogP contribution in [0.4, 0.5) is 4.79 Å². The summed E-state index contributed by atoms with van der Waals surface area (Å²) >= 11 is 0. The molecule has 0 saturated heterocycles. The highest BCUT2D eigenvalue weighted by atomic mass is 16.5. The number of aliphatic hydroxyl groups excluding tert-OH is 3. The van der Waals surface area contributed by atoms with Crippen molar-refractivity contribution in [1.82, 2.24) is 16.0 Å². The number of ether oxygens (including phenoxy) is 3. The number of amides is 3. The Hall–Kier alpha value is -2.74. The average molecular weight is 644 g/mol. The summed E-state index contributed by atoms with van der Waals surface area (Å²) in [5, 5.41) is 39.4. The number of esters is 1. The van der Waals surface area contributed by atoms with E-state index in [1.807, 2.05) is 27.7 Å². The first kappa shape index (κ1) is 40.3. The van der Waals surface area contributed by atoms with Crippen molar-refractivity contribution in [2.45, 2.75) is 122 Å². The van der Waals surface area contributed by atoms with Gasteiger partial charge < -0.3 is 45.5 Å². The van der Waals surface area contributed by atoms with Crippen LogP contribution in [0.3, 0.4) is 0 Å². The zero-order valence-electron chi connectivity index (χ0n) is 27.7. The first-order valence-electron chi connectivity index (χ1n) is 16.2. The number of hydrogen-bond donors (Lipinski definition) is 6. The van der Waals surface area contributed by atoms with E-state index in [1.54, 1.807) is 6.08 Å². The van der Waals surface area contributed by atoms with Crippen molar-refractivity contribution < 1.29 is 48.7 Å². The van der Waals surface area contributed by atoms with Crippen molar-refractivity contribution in [3.8, 4) is 0 Å². The molecule has 1 saturated carbocycles. The van der Waals surface area contributed by atoms with E-state index < -0.39 is 48.4 Å². The lowest BCUT2D eigenvalue weighted by Gasteiger charge is -2.28. The molecule has 0 heterocycles. The van der Waals surface area contributed by atoms with Gasteiger partial charge in [0.2, 0.25) is 5.91 Å². The van der Waals surface area contributed by atoms with Gasteiger partial charge in [-0.1, -0.05) is 65.5 Å². The van der Waals surface area contributed by atoms with E-state index in [4.69, 9.17) is 14.2 Å². The van der Waals surface area contributed by atoms with Gasteiger partial charge in [0.25, 0.3) is 5.91 Å². The first-order chi connectivity index (χ1) is 21.3. The lowest BCUT2D eigenvalue weighted by atomic mass is 9.89. The van der Waals surface area contributed by atoms with Gasteiger partial charge in [0.15, 0.2) is 6.10 Å². The number of aliphatic hydroxyl groups is 3. The van der Waals surface area contributed by atoms with Crippen molar-refractivity contribution in [3.05, 3.63) is 12.2 Å². The maximum atomic E-state index is 13.1. The van der Waals surface area contributed by atoms with Gasteiger partial charge in [-0.15, -0.1) is 0 Å². The van der Waals surface area contributed by atoms with Crippen LogP contribution in [0.2, 0.25) is 0 Å². The van der Waals surface area contributed by atoms with Gasteiger partial charge in [-0.3, -0.25) is 14.4 Å². The molecule has 0 radical (unpaired) electrons. The van der Waals surface area contributed by atoms with Crippen molar-refractivity contribution in [1.29, 1.82) is 0 Å². The third kappa shape index (κ3) is 16.9. The Morgan fingerprint density at radius 1 is 0.867 bits per heavy atom. The third-order valence-corrected chi connectivity index (χ3v) is 7.45. The standard InChI is InChI=1S/C32H57N3O10/c1-6-7-20-45-31(42)34-18-12-11-15-23(28(39)33-19-21-44-30(41)22-13-9-8-10-14-22)35-29(40)27(43-5)26(38)25(37)24(36)16-17-32(2,3)4/h16-17,22-27,36-38H,6-15,18-21H2,1-5H3,(H,33,39)(H,34,42)(H,35,40)/b17-16+/t23-,24+,25-,26+,27+/m0/s1. The largest absolute Gasteiger partial charge is 0.464 e. The Labute approximate surface area is 267 Å². The summed E-state index contributed by atoms with van der Waals surface area (Å²) in [5.41, 5.74) is -0.288. The first-order valence-corrected chi connectivity index (χ1v) is 16.2. The maximum Gasteiger partial charge on any atom is 0.407 e. The number of allylic oxidation sites excluding steroid dienone is 1. The van der Waals surface area contributed by atoms with Crippen LogP contribution >= 0.6 is 0 Å². The van der Waals surface area contributed by atoms with Crippen LogP contribution in [0.5, 0.6) is 0 Å². The maximum absolute atomic E-state index is 13.1. The minimum absolute atomic E-state index is 0.0165. The number of alkyl carbamates (subject to hydrolysis) is 1. The molecular formula is C32H57N3O10. The van der Waals surface area contributed by atoms with Crippen LogP contribution in [0.15, 0.2) is 12.2 Å². The highest BCUT2D eigenvalue weighted by Crippen LogP contribution is 2.24. The van der Waals surface area contributed by atoms with Gasteiger partial charge in [-0.2, -0.15) is 0 Å². The Morgan fingerprint density at radius 3 is 2.18 bits per heavy atom. The van der Waals surface area contributed by atoms with Gasteiger partial charge in [0, 0.05) is 13.7 Å².